The monoisotopic (exact) mass is 242 g/mol. The van der Waals surface area contributed by atoms with Crippen molar-refractivity contribution in [1.82, 2.24) is 0 Å². The minimum absolute atomic E-state index is 0.0835. The first-order chi connectivity index (χ1) is 7.68. The summed E-state index contributed by atoms with van der Waals surface area (Å²) in [6, 6.07) is 0. The third-order valence-electron chi connectivity index (χ3n) is 5.29. The quantitative estimate of drug-likeness (QED) is 0.796. The highest BCUT2D eigenvalue weighted by molar-refractivity contribution is 4.99. The Kier molecular flexibility index (Phi) is 4.31. The van der Waals surface area contributed by atoms with Crippen molar-refractivity contribution in [3.05, 3.63) is 0 Å². The maximum absolute atomic E-state index is 10.8. The van der Waals surface area contributed by atoms with Crippen molar-refractivity contribution in [1.29, 1.82) is 0 Å². The average molecular weight is 242 g/mol. The van der Waals surface area contributed by atoms with E-state index >= 15 is 0 Å². The van der Waals surface area contributed by atoms with Crippen molar-refractivity contribution in [2.45, 2.75) is 72.3 Å². The molecule has 1 rings (SSSR count). The van der Waals surface area contributed by atoms with E-state index < -0.39 is 5.60 Å². The second kappa shape index (κ2) is 4.89. The Balaban J connectivity index is 2.73. The topological polar surface area (TPSA) is 40.5 Å². The van der Waals surface area contributed by atoms with E-state index in [1.165, 1.54) is 0 Å². The van der Waals surface area contributed by atoms with Gasteiger partial charge in [0.2, 0.25) is 0 Å². The smallest absolute Gasteiger partial charge is 0.0723 e. The van der Waals surface area contributed by atoms with E-state index in [2.05, 4.69) is 27.7 Å². The molecule has 0 aliphatic heterocycles. The zero-order chi connectivity index (χ0) is 13.3. The third kappa shape index (κ3) is 2.85. The van der Waals surface area contributed by atoms with Crippen molar-refractivity contribution in [3.63, 3.8) is 0 Å². The Morgan fingerprint density at radius 3 is 1.88 bits per heavy atom. The maximum atomic E-state index is 10.8. The normalized spacial score (nSPS) is 34.4. The van der Waals surface area contributed by atoms with Crippen molar-refractivity contribution in [3.8, 4) is 0 Å². The average Bonchev–Trinajstić information content (AvgIpc) is 2.27. The summed E-state index contributed by atoms with van der Waals surface area (Å²) in [6.07, 6.45) is 4.66. The highest BCUT2D eigenvalue weighted by atomic mass is 16.3. The molecule has 0 amide bonds. The first kappa shape index (κ1) is 15.0. The van der Waals surface area contributed by atoms with Crippen LogP contribution in [0.5, 0.6) is 0 Å². The molecular formula is C15H30O2. The lowest BCUT2D eigenvalue weighted by atomic mass is 9.60. The lowest BCUT2D eigenvalue weighted by molar-refractivity contribution is -0.135. The van der Waals surface area contributed by atoms with Crippen molar-refractivity contribution >= 4 is 0 Å². The molecule has 0 saturated heterocycles. The van der Waals surface area contributed by atoms with Gasteiger partial charge in [-0.15, -0.1) is 0 Å². The minimum atomic E-state index is -0.668. The molecule has 2 heteroatoms. The van der Waals surface area contributed by atoms with Gasteiger partial charge in [-0.25, -0.2) is 0 Å². The molecule has 1 atom stereocenters. The van der Waals surface area contributed by atoms with Gasteiger partial charge in [-0.3, -0.25) is 0 Å². The fourth-order valence-corrected chi connectivity index (χ4v) is 3.15. The molecule has 2 N–H and O–H groups in total. The van der Waals surface area contributed by atoms with Crippen LogP contribution in [-0.2, 0) is 0 Å². The van der Waals surface area contributed by atoms with Crippen molar-refractivity contribution in [2.24, 2.45) is 16.7 Å². The second-order valence-electron chi connectivity index (χ2n) is 7.24. The molecule has 1 fully saturated rings. The molecule has 0 spiro atoms. The SMILES string of the molecule is CCC(C)(CO)C1(O)CCC(C(C)(C)C)CC1. The Morgan fingerprint density at radius 1 is 1.12 bits per heavy atom. The summed E-state index contributed by atoms with van der Waals surface area (Å²) in [6.45, 7) is 11.0. The number of aliphatic hydroxyl groups excluding tert-OH is 1. The molecule has 102 valence electrons. The molecule has 0 heterocycles. The molecule has 2 nitrogen and oxygen atoms in total. The zero-order valence-corrected chi connectivity index (χ0v) is 12.2. The van der Waals surface area contributed by atoms with Crippen LogP contribution >= 0.6 is 0 Å². The molecule has 0 aromatic rings. The van der Waals surface area contributed by atoms with Crippen LogP contribution in [0, 0.1) is 16.7 Å². The molecule has 0 radical (unpaired) electrons. The van der Waals surface area contributed by atoms with E-state index in [1.807, 2.05) is 6.92 Å². The van der Waals surface area contributed by atoms with Crippen LogP contribution in [0.3, 0.4) is 0 Å². The van der Waals surface area contributed by atoms with E-state index in [9.17, 15) is 10.2 Å². The third-order valence-corrected chi connectivity index (χ3v) is 5.29. The first-order valence-electron chi connectivity index (χ1n) is 7.02. The molecule has 0 bridgehead atoms. The zero-order valence-electron chi connectivity index (χ0n) is 12.2. The molecule has 1 aliphatic rings. The van der Waals surface area contributed by atoms with E-state index in [-0.39, 0.29) is 12.0 Å². The van der Waals surface area contributed by atoms with Crippen molar-refractivity contribution in [2.75, 3.05) is 6.61 Å². The summed E-state index contributed by atoms with van der Waals surface area (Å²) in [5.41, 5.74) is -0.669. The van der Waals surface area contributed by atoms with Crippen LogP contribution < -0.4 is 0 Å². The lowest BCUT2D eigenvalue weighted by Crippen LogP contribution is -2.51. The summed E-state index contributed by atoms with van der Waals surface area (Å²) in [5, 5.41) is 20.4. The molecule has 1 saturated carbocycles. The van der Waals surface area contributed by atoms with Gasteiger partial charge < -0.3 is 10.2 Å². The Hall–Kier alpha value is -0.0800. The summed E-state index contributed by atoms with van der Waals surface area (Å²) in [4.78, 5) is 0. The van der Waals surface area contributed by atoms with Gasteiger partial charge in [0.1, 0.15) is 0 Å². The van der Waals surface area contributed by atoms with Crippen molar-refractivity contribution < 1.29 is 10.2 Å². The van der Waals surface area contributed by atoms with Crippen LogP contribution in [0.2, 0.25) is 0 Å². The lowest BCUT2D eigenvalue weighted by Gasteiger charge is -2.49. The van der Waals surface area contributed by atoms with Gasteiger partial charge in [0.15, 0.2) is 0 Å². The Morgan fingerprint density at radius 2 is 1.59 bits per heavy atom. The predicted octanol–water partition coefficient (Wildman–Crippen LogP) is 3.36. The van der Waals surface area contributed by atoms with Crippen LogP contribution in [0.15, 0.2) is 0 Å². The van der Waals surface area contributed by atoms with Gasteiger partial charge in [-0.05, 0) is 43.4 Å². The standard InChI is InChI=1S/C15H30O2/c1-6-14(5,11-16)15(17)9-7-12(8-10-15)13(2,3)4/h12,16-17H,6-11H2,1-5H3. The van der Waals surface area contributed by atoms with Crippen LogP contribution in [-0.4, -0.2) is 22.4 Å². The molecule has 17 heavy (non-hydrogen) atoms. The van der Waals surface area contributed by atoms with Gasteiger partial charge in [-0.2, -0.15) is 0 Å². The van der Waals surface area contributed by atoms with E-state index in [1.54, 1.807) is 0 Å². The number of hydrogen-bond donors (Lipinski definition) is 2. The summed E-state index contributed by atoms with van der Waals surface area (Å²) >= 11 is 0. The van der Waals surface area contributed by atoms with Crippen LogP contribution in [0.1, 0.15) is 66.7 Å². The predicted molar refractivity (Wildman–Crippen MR) is 71.8 cm³/mol. The van der Waals surface area contributed by atoms with Gasteiger partial charge in [0.25, 0.3) is 0 Å². The fraction of sp³-hybridized carbons (Fsp3) is 1.00. The highest BCUT2D eigenvalue weighted by Gasteiger charge is 2.48. The van der Waals surface area contributed by atoms with E-state index in [4.69, 9.17) is 0 Å². The molecule has 0 aromatic carbocycles. The maximum Gasteiger partial charge on any atom is 0.0723 e. The second-order valence-corrected chi connectivity index (χ2v) is 7.24. The van der Waals surface area contributed by atoms with Gasteiger partial charge in [0, 0.05) is 5.41 Å². The number of hydrogen-bond acceptors (Lipinski definition) is 2. The van der Waals surface area contributed by atoms with Gasteiger partial charge >= 0.3 is 0 Å². The van der Waals surface area contributed by atoms with E-state index in [0.717, 1.165) is 32.1 Å². The summed E-state index contributed by atoms with van der Waals surface area (Å²) < 4.78 is 0. The molecular weight excluding hydrogens is 212 g/mol. The molecule has 0 aromatic heterocycles. The molecule has 1 unspecified atom stereocenters. The highest BCUT2D eigenvalue weighted by Crippen LogP contribution is 2.49. The first-order valence-corrected chi connectivity index (χ1v) is 7.02. The largest absolute Gasteiger partial charge is 0.396 e. The Bertz CT molecular complexity index is 240. The van der Waals surface area contributed by atoms with E-state index in [0.29, 0.717) is 11.3 Å². The summed E-state index contributed by atoms with van der Waals surface area (Å²) in [7, 11) is 0. The molecule has 1 aliphatic carbocycles. The summed E-state index contributed by atoms with van der Waals surface area (Å²) in [5.74, 6) is 0.697. The van der Waals surface area contributed by atoms with Gasteiger partial charge in [0.05, 0.1) is 12.2 Å². The number of aliphatic hydroxyl groups is 2. The minimum Gasteiger partial charge on any atom is -0.396 e. The van der Waals surface area contributed by atoms with Crippen LogP contribution in [0.4, 0.5) is 0 Å². The Labute approximate surface area is 106 Å². The van der Waals surface area contributed by atoms with Crippen LogP contribution in [0.25, 0.3) is 0 Å². The van der Waals surface area contributed by atoms with Gasteiger partial charge in [-0.1, -0.05) is 34.6 Å². The fourth-order valence-electron chi connectivity index (χ4n) is 3.15. The number of rotatable bonds is 3.